The predicted molar refractivity (Wildman–Crippen MR) is 68.1 cm³/mol. The van der Waals surface area contributed by atoms with E-state index in [-0.39, 0.29) is 0 Å². The van der Waals surface area contributed by atoms with Gasteiger partial charge in [0.2, 0.25) is 6.41 Å². The van der Waals surface area contributed by atoms with Crippen molar-refractivity contribution in [3.05, 3.63) is 35.9 Å². The Balaban J connectivity index is 2.82. The molecular weight excluding hydrogens is 232 g/mol. The van der Waals surface area contributed by atoms with Crippen LogP contribution in [0.15, 0.2) is 30.3 Å². The zero-order valence-corrected chi connectivity index (χ0v) is 10.4. The van der Waals surface area contributed by atoms with Crippen LogP contribution in [0.1, 0.15) is 18.5 Å². The molecule has 0 aliphatic heterocycles. The molecule has 5 heteroatoms. The third-order valence-corrected chi connectivity index (χ3v) is 2.75. The summed E-state index contributed by atoms with van der Waals surface area (Å²) in [6.07, 6.45) is 0.617. The molecule has 2 N–H and O–H groups in total. The molecule has 1 amide bonds. The number of carbonyl (C=O) groups excluding carboxylic acids is 1. The largest absolute Gasteiger partial charge is 0.480 e. The van der Waals surface area contributed by atoms with Crippen LogP contribution in [-0.4, -0.2) is 42.0 Å². The van der Waals surface area contributed by atoms with Crippen molar-refractivity contribution in [1.82, 2.24) is 10.2 Å². The molecule has 18 heavy (non-hydrogen) atoms. The molecular formula is C13H18N2O3. The van der Waals surface area contributed by atoms with Gasteiger partial charge in [-0.15, -0.1) is 0 Å². The molecule has 0 aliphatic rings. The van der Waals surface area contributed by atoms with Crippen molar-refractivity contribution in [3.8, 4) is 0 Å². The molecule has 0 spiro atoms. The Morgan fingerprint density at radius 3 is 2.61 bits per heavy atom. The molecule has 98 valence electrons. The Labute approximate surface area is 106 Å². The number of hydrogen-bond donors (Lipinski definition) is 2. The molecule has 0 aliphatic carbocycles. The highest BCUT2D eigenvalue weighted by Crippen LogP contribution is 2.20. The van der Waals surface area contributed by atoms with Crippen LogP contribution in [0, 0.1) is 0 Å². The fourth-order valence-corrected chi connectivity index (χ4v) is 1.88. The first-order valence-corrected chi connectivity index (χ1v) is 5.89. The quantitative estimate of drug-likeness (QED) is 0.531. The zero-order chi connectivity index (χ0) is 13.4. The third kappa shape index (κ3) is 3.85. The standard InChI is InChI=1S/C13H18N2O3/c1-2-15(9-8-14-10-16)12(13(17)18)11-6-4-3-5-7-11/h3-7,10,12H,2,8-9H2,1H3,(H,14,16)(H,17,18). The topological polar surface area (TPSA) is 69.6 Å². The first-order valence-electron chi connectivity index (χ1n) is 5.89. The summed E-state index contributed by atoms with van der Waals surface area (Å²) in [4.78, 5) is 23.4. The average Bonchev–Trinajstić information content (AvgIpc) is 2.38. The van der Waals surface area contributed by atoms with E-state index in [9.17, 15) is 14.7 Å². The van der Waals surface area contributed by atoms with Crippen molar-refractivity contribution in [3.63, 3.8) is 0 Å². The maximum Gasteiger partial charge on any atom is 0.325 e. The molecule has 1 rings (SSSR count). The van der Waals surface area contributed by atoms with Crippen molar-refractivity contribution in [2.75, 3.05) is 19.6 Å². The predicted octanol–water partition coefficient (Wildman–Crippen LogP) is 0.880. The average molecular weight is 250 g/mol. The van der Waals surface area contributed by atoms with E-state index in [0.717, 1.165) is 5.56 Å². The summed E-state index contributed by atoms with van der Waals surface area (Å²) in [5.74, 6) is -0.880. The van der Waals surface area contributed by atoms with Crippen LogP contribution in [0.3, 0.4) is 0 Å². The smallest absolute Gasteiger partial charge is 0.325 e. The number of nitrogens with one attached hydrogen (secondary N) is 1. The van der Waals surface area contributed by atoms with Gasteiger partial charge in [-0.3, -0.25) is 14.5 Å². The highest BCUT2D eigenvalue weighted by Gasteiger charge is 2.25. The van der Waals surface area contributed by atoms with Gasteiger partial charge in [-0.25, -0.2) is 0 Å². The summed E-state index contributed by atoms with van der Waals surface area (Å²) < 4.78 is 0. The molecule has 0 radical (unpaired) electrons. The fraction of sp³-hybridized carbons (Fsp3) is 0.385. The molecule has 0 saturated heterocycles. The second-order valence-corrected chi connectivity index (χ2v) is 3.85. The lowest BCUT2D eigenvalue weighted by atomic mass is 10.1. The van der Waals surface area contributed by atoms with E-state index in [1.807, 2.05) is 30.0 Å². The Morgan fingerprint density at radius 2 is 2.11 bits per heavy atom. The van der Waals surface area contributed by atoms with E-state index in [1.165, 1.54) is 0 Å². The normalized spacial score (nSPS) is 12.1. The lowest BCUT2D eigenvalue weighted by Crippen LogP contribution is -2.38. The van der Waals surface area contributed by atoms with E-state index in [4.69, 9.17) is 0 Å². The van der Waals surface area contributed by atoms with Gasteiger partial charge >= 0.3 is 5.97 Å². The number of amides is 1. The number of carbonyl (C=O) groups is 2. The number of benzene rings is 1. The second-order valence-electron chi connectivity index (χ2n) is 3.85. The number of rotatable bonds is 8. The van der Waals surface area contributed by atoms with E-state index >= 15 is 0 Å². The van der Waals surface area contributed by atoms with Gasteiger partial charge in [-0.2, -0.15) is 0 Å². The molecule has 1 atom stereocenters. The van der Waals surface area contributed by atoms with Gasteiger partial charge in [0, 0.05) is 13.1 Å². The third-order valence-electron chi connectivity index (χ3n) is 2.75. The minimum Gasteiger partial charge on any atom is -0.480 e. The number of carboxylic acid groups (broad SMARTS) is 1. The summed E-state index contributed by atoms with van der Waals surface area (Å²) in [6, 6.07) is 8.42. The van der Waals surface area contributed by atoms with Gasteiger partial charge in [-0.1, -0.05) is 37.3 Å². The van der Waals surface area contributed by atoms with Crippen molar-refractivity contribution in [2.24, 2.45) is 0 Å². The summed E-state index contributed by atoms with van der Waals surface area (Å²) in [7, 11) is 0. The Morgan fingerprint density at radius 1 is 1.44 bits per heavy atom. The van der Waals surface area contributed by atoms with Gasteiger partial charge in [-0.05, 0) is 12.1 Å². The minimum absolute atomic E-state index is 0.438. The van der Waals surface area contributed by atoms with Gasteiger partial charge in [0.1, 0.15) is 6.04 Å². The summed E-state index contributed by atoms with van der Waals surface area (Å²) in [5.41, 5.74) is 0.748. The highest BCUT2D eigenvalue weighted by molar-refractivity contribution is 5.75. The lowest BCUT2D eigenvalue weighted by molar-refractivity contribution is -0.143. The number of aliphatic carboxylic acids is 1. The fourth-order valence-electron chi connectivity index (χ4n) is 1.88. The minimum atomic E-state index is -0.880. The molecule has 0 heterocycles. The van der Waals surface area contributed by atoms with E-state index in [1.54, 1.807) is 12.1 Å². The number of hydrogen-bond acceptors (Lipinski definition) is 3. The van der Waals surface area contributed by atoms with Crippen LogP contribution in [0.5, 0.6) is 0 Å². The Bertz CT molecular complexity index is 381. The number of likely N-dealkylation sites (N-methyl/N-ethyl adjacent to an activating group) is 1. The van der Waals surface area contributed by atoms with Gasteiger partial charge < -0.3 is 10.4 Å². The summed E-state index contributed by atoms with van der Waals surface area (Å²) >= 11 is 0. The molecule has 0 bridgehead atoms. The van der Waals surface area contributed by atoms with Gasteiger partial charge in [0.05, 0.1) is 0 Å². The van der Waals surface area contributed by atoms with Crippen molar-refractivity contribution in [1.29, 1.82) is 0 Å². The second kappa shape index (κ2) is 7.45. The van der Waals surface area contributed by atoms with E-state index < -0.39 is 12.0 Å². The highest BCUT2D eigenvalue weighted by atomic mass is 16.4. The molecule has 0 fully saturated rings. The molecule has 1 aromatic rings. The summed E-state index contributed by atoms with van der Waals surface area (Å²) in [6.45, 7) is 3.45. The molecule has 0 saturated carbocycles. The van der Waals surface area contributed by atoms with Gasteiger partial charge in [0.25, 0.3) is 0 Å². The van der Waals surface area contributed by atoms with E-state index in [2.05, 4.69) is 5.32 Å². The number of nitrogens with zero attached hydrogens (tertiary/aromatic N) is 1. The van der Waals surface area contributed by atoms with E-state index in [0.29, 0.717) is 26.0 Å². The SMILES string of the molecule is CCN(CCNC=O)C(C(=O)O)c1ccccc1. The van der Waals surface area contributed by atoms with Crippen LogP contribution in [0.4, 0.5) is 0 Å². The monoisotopic (exact) mass is 250 g/mol. The Kier molecular flexibility index (Phi) is 5.87. The number of carboxylic acids is 1. The maximum absolute atomic E-state index is 11.4. The lowest BCUT2D eigenvalue weighted by Gasteiger charge is -2.27. The van der Waals surface area contributed by atoms with Crippen LogP contribution in [-0.2, 0) is 9.59 Å². The van der Waals surface area contributed by atoms with Crippen molar-refractivity contribution in [2.45, 2.75) is 13.0 Å². The van der Waals surface area contributed by atoms with Crippen molar-refractivity contribution >= 4 is 12.4 Å². The molecule has 1 aromatic carbocycles. The van der Waals surface area contributed by atoms with Gasteiger partial charge in [0.15, 0.2) is 0 Å². The van der Waals surface area contributed by atoms with Crippen LogP contribution < -0.4 is 5.32 Å². The first kappa shape index (κ1) is 14.2. The molecule has 0 aromatic heterocycles. The maximum atomic E-state index is 11.4. The Hall–Kier alpha value is -1.88. The summed E-state index contributed by atoms with van der Waals surface area (Å²) in [5, 5.41) is 11.9. The molecule has 1 unspecified atom stereocenters. The first-order chi connectivity index (χ1) is 8.70. The van der Waals surface area contributed by atoms with Crippen LogP contribution >= 0.6 is 0 Å². The van der Waals surface area contributed by atoms with Crippen LogP contribution in [0.2, 0.25) is 0 Å². The van der Waals surface area contributed by atoms with Crippen molar-refractivity contribution < 1.29 is 14.7 Å². The molecule has 5 nitrogen and oxygen atoms in total. The zero-order valence-electron chi connectivity index (χ0n) is 10.4. The van der Waals surface area contributed by atoms with Crippen LogP contribution in [0.25, 0.3) is 0 Å².